The topological polar surface area (TPSA) is 30.7 Å². The fourth-order valence-corrected chi connectivity index (χ4v) is 2.15. The van der Waals surface area contributed by atoms with E-state index in [-0.39, 0.29) is 5.97 Å². The quantitative estimate of drug-likeness (QED) is 0.677. The lowest BCUT2D eigenvalue weighted by atomic mass is 10.2. The number of rotatable bonds is 4. The lowest BCUT2D eigenvalue weighted by Crippen LogP contribution is -2.08. The average molecular weight is 265 g/mol. The fraction of sp³-hybridized carbons (Fsp3) is 0.118. The van der Waals surface area contributed by atoms with Gasteiger partial charge in [-0.05, 0) is 29.8 Å². The molecule has 0 radical (unpaired) electrons. The minimum atomic E-state index is -0.273. The molecule has 0 fully saturated rings. The molecule has 0 saturated carbocycles. The molecule has 0 amide bonds. The van der Waals surface area contributed by atoms with Crippen LogP contribution in [0.15, 0.2) is 67.0 Å². The van der Waals surface area contributed by atoms with Crippen molar-refractivity contribution in [1.82, 2.24) is 4.40 Å². The Kier molecular flexibility index (Phi) is 3.50. The molecule has 2 heterocycles. The Labute approximate surface area is 117 Å². The molecular formula is C17H15NO2. The van der Waals surface area contributed by atoms with Gasteiger partial charge in [-0.15, -0.1) is 0 Å². The van der Waals surface area contributed by atoms with Crippen LogP contribution in [0, 0.1) is 0 Å². The Morgan fingerprint density at radius 2 is 1.85 bits per heavy atom. The highest BCUT2D eigenvalue weighted by Crippen LogP contribution is 2.10. The molecular weight excluding hydrogens is 250 g/mol. The van der Waals surface area contributed by atoms with Crippen molar-refractivity contribution >= 4 is 11.5 Å². The monoisotopic (exact) mass is 265 g/mol. The van der Waals surface area contributed by atoms with Crippen LogP contribution in [0.1, 0.15) is 15.9 Å². The van der Waals surface area contributed by atoms with Gasteiger partial charge in [-0.3, -0.25) is 0 Å². The number of ether oxygens (including phenoxy) is 1. The first kappa shape index (κ1) is 12.5. The van der Waals surface area contributed by atoms with Gasteiger partial charge in [-0.25, -0.2) is 4.79 Å². The average Bonchev–Trinajstić information content (AvgIpc) is 2.95. The van der Waals surface area contributed by atoms with E-state index in [0.29, 0.717) is 12.2 Å². The molecule has 0 saturated heterocycles. The van der Waals surface area contributed by atoms with Crippen LogP contribution in [-0.2, 0) is 11.2 Å². The maximum Gasteiger partial charge on any atom is 0.338 e. The van der Waals surface area contributed by atoms with Crippen molar-refractivity contribution in [3.63, 3.8) is 0 Å². The highest BCUT2D eigenvalue weighted by Gasteiger charge is 2.07. The minimum absolute atomic E-state index is 0.273. The van der Waals surface area contributed by atoms with Crippen LogP contribution in [0.25, 0.3) is 5.52 Å². The van der Waals surface area contributed by atoms with Crippen molar-refractivity contribution in [2.45, 2.75) is 6.42 Å². The van der Waals surface area contributed by atoms with E-state index in [2.05, 4.69) is 0 Å². The van der Waals surface area contributed by atoms with Crippen LogP contribution < -0.4 is 0 Å². The van der Waals surface area contributed by atoms with Gasteiger partial charge >= 0.3 is 5.97 Å². The van der Waals surface area contributed by atoms with E-state index in [4.69, 9.17) is 4.74 Å². The predicted molar refractivity (Wildman–Crippen MR) is 77.8 cm³/mol. The summed E-state index contributed by atoms with van der Waals surface area (Å²) in [6, 6.07) is 17.5. The zero-order valence-corrected chi connectivity index (χ0v) is 11.0. The number of benzene rings is 1. The van der Waals surface area contributed by atoms with Crippen LogP contribution in [0.4, 0.5) is 0 Å². The molecule has 0 aliphatic heterocycles. The molecule has 0 N–H and O–H groups in total. The molecule has 0 aliphatic rings. The van der Waals surface area contributed by atoms with Crippen molar-refractivity contribution in [3.8, 4) is 0 Å². The summed E-state index contributed by atoms with van der Waals surface area (Å²) in [5.41, 5.74) is 2.74. The van der Waals surface area contributed by atoms with Crippen molar-refractivity contribution in [1.29, 1.82) is 0 Å². The Hall–Kier alpha value is -2.55. The summed E-state index contributed by atoms with van der Waals surface area (Å²) < 4.78 is 7.27. The number of carbonyl (C=O) groups is 1. The SMILES string of the molecule is O=C(OCCc1ccccc1)c1ccn2cccc2c1. The van der Waals surface area contributed by atoms with E-state index >= 15 is 0 Å². The highest BCUT2D eigenvalue weighted by molar-refractivity contribution is 5.90. The van der Waals surface area contributed by atoms with E-state index in [9.17, 15) is 4.79 Å². The molecule has 1 aromatic carbocycles. The molecule has 20 heavy (non-hydrogen) atoms. The lowest BCUT2D eigenvalue weighted by Gasteiger charge is -2.05. The van der Waals surface area contributed by atoms with E-state index < -0.39 is 0 Å². The normalized spacial score (nSPS) is 10.6. The molecule has 3 heteroatoms. The van der Waals surface area contributed by atoms with Gasteiger partial charge in [0.15, 0.2) is 0 Å². The smallest absolute Gasteiger partial charge is 0.338 e. The van der Waals surface area contributed by atoms with Gasteiger partial charge < -0.3 is 9.14 Å². The molecule has 0 atom stereocenters. The van der Waals surface area contributed by atoms with Gasteiger partial charge in [0.05, 0.1) is 12.2 Å². The number of nitrogens with zero attached hydrogens (tertiary/aromatic N) is 1. The van der Waals surface area contributed by atoms with Gasteiger partial charge in [0.2, 0.25) is 0 Å². The third-order valence-corrected chi connectivity index (χ3v) is 3.23. The fourth-order valence-electron chi connectivity index (χ4n) is 2.15. The number of esters is 1. The van der Waals surface area contributed by atoms with E-state index in [1.54, 1.807) is 6.07 Å². The van der Waals surface area contributed by atoms with E-state index in [0.717, 1.165) is 11.9 Å². The molecule has 0 unspecified atom stereocenters. The van der Waals surface area contributed by atoms with Gasteiger partial charge in [0, 0.05) is 24.3 Å². The van der Waals surface area contributed by atoms with Crippen molar-refractivity contribution < 1.29 is 9.53 Å². The van der Waals surface area contributed by atoms with Crippen molar-refractivity contribution in [2.75, 3.05) is 6.61 Å². The van der Waals surface area contributed by atoms with Crippen LogP contribution >= 0.6 is 0 Å². The number of fused-ring (bicyclic) bond motifs is 1. The minimum Gasteiger partial charge on any atom is -0.462 e. The number of pyridine rings is 1. The van der Waals surface area contributed by atoms with E-state index in [1.165, 1.54) is 5.56 Å². The van der Waals surface area contributed by atoms with Gasteiger partial charge in [-0.2, -0.15) is 0 Å². The Morgan fingerprint density at radius 1 is 1.00 bits per heavy atom. The summed E-state index contributed by atoms with van der Waals surface area (Å²) in [6.45, 7) is 0.398. The first-order valence-electron chi connectivity index (χ1n) is 6.61. The molecule has 2 aromatic heterocycles. The highest BCUT2D eigenvalue weighted by atomic mass is 16.5. The molecule has 100 valence electrons. The number of hydrogen-bond donors (Lipinski definition) is 0. The van der Waals surface area contributed by atoms with Crippen LogP contribution in [0.3, 0.4) is 0 Å². The zero-order valence-electron chi connectivity index (χ0n) is 11.0. The van der Waals surface area contributed by atoms with Gasteiger partial charge in [0.1, 0.15) is 0 Å². The van der Waals surface area contributed by atoms with Crippen molar-refractivity contribution in [3.05, 3.63) is 78.1 Å². The Balaban J connectivity index is 1.61. The summed E-state index contributed by atoms with van der Waals surface area (Å²) in [5.74, 6) is -0.273. The summed E-state index contributed by atoms with van der Waals surface area (Å²) in [6.07, 6.45) is 4.54. The molecule has 3 nitrogen and oxygen atoms in total. The molecule has 0 spiro atoms. The molecule has 0 aliphatic carbocycles. The van der Waals surface area contributed by atoms with Crippen molar-refractivity contribution in [2.24, 2.45) is 0 Å². The van der Waals surface area contributed by atoms with E-state index in [1.807, 2.05) is 65.3 Å². The van der Waals surface area contributed by atoms with Crippen LogP contribution in [0.5, 0.6) is 0 Å². The number of aromatic nitrogens is 1. The first-order valence-corrected chi connectivity index (χ1v) is 6.61. The largest absolute Gasteiger partial charge is 0.462 e. The third kappa shape index (κ3) is 2.72. The predicted octanol–water partition coefficient (Wildman–Crippen LogP) is 3.34. The Morgan fingerprint density at radius 3 is 2.70 bits per heavy atom. The molecule has 3 rings (SSSR count). The number of carbonyl (C=O) groups excluding carboxylic acids is 1. The number of hydrogen-bond acceptors (Lipinski definition) is 2. The maximum absolute atomic E-state index is 12.0. The van der Waals surface area contributed by atoms with Crippen LogP contribution in [-0.4, -0.2) is 17.0 Å². The second kappa shape index (κ2) is 5.61. The zero-order chi connectivity index (χ0) is 13.8. The Bertz CT molecular complexity index is 716. The first-order chi connectivity index (χ1) is 9.83. The van der Waals surface area contributed by atoms with Gasteiger partial charge in [0.25, 0.3) is 0 Å². The lowest BCUT2D eigenvalue weighted by molar-refractivity contribution is 0.0509. The summed E-state index contributed by atoms with van der Waals surface area (Å²) >= 11 is 0. The summed E-state index contributed by atoms with van der Waals surface area (Å²) in [4.78, 5) is 12.0. The maximum atomic E-state index is 12.0. The van der Waals surface area contributed by atoms with Gasteiger partial charge in [-0.1, -0.05) is 30.3 Å². The summed E-state index contributed by atoms with van der Waals surface area (Å²) in [7, 11) is 0. The summed E-state index contributed by atoms with van der Waals surface area (Å²) in [5, 5.41) is 0. The molecule has 0 bridgehead atoms. The van der Waals surface area contributed by atoms with Crippen LogP contribution in [0.2, 0.25) is 0 Å². The third-order valence-electron chi connectivity index (χ3n) is 3.23. The molecule has 3 aromatic rings. The standard InChI is InChI=1S/C17H15NO2/c19-17(20-12-9-14-5-2-1-3-6-14)15-8-11-18-10-4-7-16(18)13-15/h1-8,10-11,13H,9,12H2. The second-order valence-corrected chi connectivity index (χ2v) is 4.63. The second-order valence-electron chi connectivity index (χ2n) is 4.63.